The predicted octanol–water partition coefficient (Wildman–Crippen LogP) is 2.51. The van der Waals surface area contributed by atoms with Crippen molar-refractivity contribution < 1.29 is 9.90 Å². The summed E-state index contributed by atoms with van der Waals surface area (Å²) in [6.07, 6.45) is 2.48. The van der Waals surface area contributed by atoms with E-state index in [2.05, 4.69) is 41.7 Å². The molecule has 2 rings (SSSR count). The number of carboxylic acids is 1. The van der Waals surface area contributed by atoms with Gasteiger partial charge in [0, 0.05) is 28.2 Å². The van der Waals surface area contributed by atoms with Crippen molar-refractivity contribution in [1.29, 1.82) is 0 Å². The third-order valence-corrected chi connectivity index (χ3v) is 4.00. The van der Waals surface area contributed by atoms with Gasteiger partial charge in [-0.1, -0.05) is 0 Å². The van der Waals surface area contributed by atoms with Gasteiger partial charge in [0.25, 0.3) is 0 Å². The summed E-state index contributed by atoms with van der Waals surface area (Å²) in [5, 5.41) is 8.93. The van der Waals surface area contributed by atoms with Crippen LogP contribution in [0.25, 0.3) is 0 Å². The number of likely N-dealkylation sites (tertiary alicyclic amines) is 1. The van der Waals surface area contributed by atoms with Crippen molar-refractivity contribution in [3.8, 4) is 0 Å². The summed E-state index contributed by atoms with van der Waals surface area (Å²) >= 11 is 6.82. The van der Waals surface area contributed by atoms with Crippen molar-refractivity contribution in [2.24, 2.45) is 5.92 Å². The number of nitrogens with zero attached hydrogens (tertiary/aromatic N) is 2. The lowest BCUT2D eigenvalue weighted by molar-refractivity contribution is -0.141. The molecule has 1 aliphatic rings. The molecule has 4 nitrogen and oxygen atoms in total. The van der Waals surface area contributed by atoms with Crippen LogP contribution in [0.3, 0.4) is 0 Å². The van der Waals surface area contributed by atoms with Crippen LogP contribution in [0.4, 0.5) is 0 Å². The van der Waals surface area contributed by atoms with Crippen molar-refractivity contribution in [3.63, 3.8) is 0 Å². The van der Waals surface area contributed by atoms with Crippen molar-refractivity contribution in [3.05, 3.63) is 26.9 Å². The van der Waals surface area contributed by atoms with Crippen LogP contribution < -0.4 is 0 Å². The Bertz CT molecular complexity index is 439. The molecule has 0 saturated carbocycles. The van der Waals surface area contributed by atoms with Gasteiger partial charge in [0.05, 0.1) is 11.6 Å². The van der Waals surface area contributed by atoms with Gasteiger partial charge in [-0.25, -0.2) is 0 Å². The summed E-state index contributed by atoms with van der Waals surface area (Å²) in [4.78, 5) is 17.3. The molecule has 1 aromatic heterocycles. The predicted molar refractivity (Wildman–Crippen MR) is 70.7 cm³/mol. The minimum atomic E-state index is -0.699. The molecule has 92 valence electrons. The van der Waals surface area contributed by atoms with Gasteiger partial charge in [-0.2, -0.15) is 0 Å². The topological polar surface area (TPSA) is 53.4 Å². The number of halogens is 2. The molecule has 1 atom stereocenters. The van der Waals surface area contributed by atoms with E-state index in [9.17, 15) is 4.79 Å². The second-order valence-corrected chi connectivity index (χ2v) is 5.91. The lowest BCUT2D eigenvalue weighted by Crippen LogP contribution is -2.23. The molecule has 1 aliphatic heterocycles. The Morgan fingerprint density at radius 1 is 1.59 bits per heavy atom. The molecule has 0 spiro atoms. The first-order valence-corrected chi connectivity index (χ1v) is 6.90. The summed E-state index contributed by atoms with van der Waals surface area (Å²) in [5.74, 6) is -0.931. The molecule has 6 heteroatoms. The number of pyridine rings is 1. The Balaban J connectivity index is 2.00. The largest absolute Gasteiger partial charge is 0.481 e. The van der Waals surface area contributed by atoms with Gasteiger partial charge in [-0.05, 0) is 50.9 Å². The third kappa shape index (κ3) is 3.26. The normalized spacial score (nSPS) is 20.7. The zero-order chi connectivity index (χ0) is 12.4. The summed E-state index contributed by atoms with van der Waals surface area (Å²) in [7, 11) is 0. The van der Waals surface area contributed by atoms with Gasteiger partial charge in [-0.15, -0.1) is 0 Å². The molecule has 1 saturated heterocycles. The van der Waals surface area contributed by atoms with Crippen LogP contribution in [0.1, 0.15) is 12.1 Å². The number of hydrogen-bond acceptors (Lipinski definition) is 3. The first kappa shape index (κ1) is 13.0. The van der Waals surface area contributed by atoms with E-state index in [0.717, 1.165) is 27.6 Å². The van der Waals surface area contributed by atoms with E-state index in [0.29, 0.717) is 13.1 Å². The molecule has 0 amide bonds. The van der Waals surface area contributed by atoms with Crippen molar-refractivity contribution in [2.45, 2.75) is 13.0 Å². The van der Waals surface area contributed by atoms with E-state index in [-0.39, 0.29) is 5.92 Å². The maximum absolute atomic E-state index is 10.9. The molecule has 1 aromatic rings. The van der Waals surface area contributed by atoms with Crippen molar-refractivity contribution in [1.82, 2.24) is 9.88 Å². The third-order valence-electron chi connectivity index (χ3n) is 2.88. The van der Waals surface area contributed by atoms with Crippen LogP contribution in [0, 0.1) is 5.92 Å². The van der Waals surface area contributed by atoms with Gasteiger partial charge < -0.3 is 5.11 Å². The molecule has 1 unspecified atom stereocenters. The molecule has 0 aromatic carbocycles. The van der Waals surface area contributed by atoms with Gasteiger partial charge in [0.2, 0.25) is 0 Å². The Hall–Kier alpha value is -0.460. The van der Waals surface area contributed by atoms with Gasteiger partial charge in [-0.3, -0.25) is 14.7 Å². The monoisotopic (exact) mass is 362 g/mol. The molecule has 0 bridgehead atoms. The molecule has 17 heavy (non-hydrogen) atoms. The fourth-order valence-electron chi connectivity index (χ4n) is 1.95. The van der Waals surface area contributed by atoms with Crippen LogP contribution in [-0.2, 0) is 11.3 Å². The van der Waals surface area contributed by atoms with Crippen molar-refractivity contribution in [2.75, 3.05) is 13.1 Å². The van der Waals surface area contributed by atoms with Gasteiger partial charge >= 0.3 is 5.97 Å². The lowest BCUT2D eigenvalue weighted by Gasteiger charge is -2.15. The van der Waals surface area contributed by atoms with E-state index in [4.69, 9.17) is 5.11 Å². The summed E-state index contributed by atoms with van der Waals surface area (Å²) in [6, 6.07) is 1.95. The minimum Gasteiger partial charge on any atom is -0.481 e. The van der Waals surface area contributed by atoms with Crippen LogP contribution in [0.5, 0.6) is 0 Å². The van der Waals surface area contributed by atoms with E-state index < -0.39 is 5.97 Å². The highest BCUT2D eigenvalue weighted by molar-refractivity contribution is 9.11. The number of aliphatic carboxylic acids is 1. The second kappa shape index (κ2) is 5.46. The summed E-state index contributed by atoms with van der Waals surface area (Å²) < 4.78 is 1.88. The smallest absolute Gasteiger partial charge is 0.307 e. The number of aromatic nitrogens is 1. The highest BCUT2D eigenvalue weighted by Crippen LogP contribution is 2.23. The zero-order valence-corrected chi connectivity index (χ0v) is 12.2. The van der Waals surface area contributed by atoms with E-state index in [1.807, 2.05) is 6.07 Å². The van der Waals surface area contributed by atoms with Gasteiger partial charge in [0.15, 0.2) is 0 Å². The molecule has 2 heterocycles. The first-order chi connectivity index (χ1) is 8.06. The standard InChI is InChI=1S/C11H12Br2N2O2/c12-8-3-9(13)10(14-4-8)6-15-2-1-7(5-15)11(16)17/h3-4,7H,1-2,5-6H2,(H,16,17). The second-order valence-electron chi connectivity index (χ2n) is 4.14. The van der Waals surface area contributed by atoms with Crippen LogP contribution >= 0.6 is 31.9 Å². The minimum absolute atomic E-state index is 0.232. The molecule has 1 N–H and O–H groups in total. The maximum Gasteiger partial charge on any atom is 0.307 e. The van der Waals surface area contributed by atoms with E-state index in [1.54, 1.807) is 6.20 Å². The van der Waals surface area contributed by atoms with E-state index in [1.165, 1.54) is 0 Å². The number of hydrogen-bond donors (Lipinski definition) is 1. The number of carboxylic acid groups (broad SMARTS) is 1. The average Bonchev–Trinajstić information content (AvgIpc) is 2.71. The number of rotatable bonds is 3. The SMILES string of the molecule is O=C(O)C1CCN(Cc2ncc(Br)cc2Br)C1. The molecular weight excluding hydrogens is 352 g/mol. The highest BCUT2D eigenvalue weighted by Gasteiger charge is 2.28. The van der Waals surface area contributed by atoms with Crippen LogP contribution in [-0.4, -0.2) is 34.0 Å². The molecule has 0 aliphatic carbocycles. The van der Waals surface area contributed by atoms with Crippen LogP contribution in [0.15, 0.2) is 21.2 Å². The Labute approximate surface area is 116 Å². The van der Waals surface area contributed by atoms with Gasteiger partial charge in [0.1, 0.15) is 0 Å². The first-order valence-electron chi connectivity index (χ1n) is 5.31. The lowest BCUT2D eigenvalue weighted by atomic mass is 10.1. The van der Waals surface area contributed by atoms with Crippen LogP contribution in [0.2, 0.25) is 0 Å². The maximum atomic E-state index is 10.9. The fraction of sp³-hybridized carbons (Fsp3) is 0.455. The Morgan fingerprint density at radius 2 is 2.35 bits per heavy atom. The Kier molecular flexibility index (Phi) is 4.17. The zero-order valence-electron chi connectivity index (χ0n) is 9.07. The fourth-order valence-corrected chi connectivity index (χ4v) is 3.06. The summed E-state index contributed by atoms with van der Waals surface area (Å²) in [6.45, 7) is 2.12. The molecular formula is C11H12Br2N2O2. The quantitative estimate of drug-likeness (QED) is 0.896. The highest BCUT2D eigenvalue weighted by atomic mass is 79.9. The number of carbonyl (C=O) groups is 1. The average molecular weight is 364 g/mol. The van der Waals surface area contributed by atoms with E-state index >= 15 is 0 Å². The van der Waals surface area contributed by atoms with Crippen molar-refractivity contribution >= 4 is 37.8 Å². The Morgan fingerprint density at radius 3 is 2.94 bits per heavy atom. The molecule has 1 fully saturated rings. The molecule has 0 radical (unpaired) electrons. The summed E-state index contributed by atoms with van der Waals surface area (Å²) in [5.41, 5.74) is 0.944.